The Hall–Kier alpha value is -4.82. The molecule has 0 aliphatic carbocycles. The number of ketones is 1. The number of hydrogen-bond acceptors (Lipinski definition) is 6. The van der Waals surface area contributed by atoms with Gasteiger partial charge in [0.25, 0.3) is 0 Å². The van der Waals surface area contributed by atoms with Crippen LogP contribution in [0, 0.1) is 5.92 Å². The van der Waals surface area contributed by atoms with Crippen LogP contribution in [0.1, 0.15) is 50.0 Å². The van der Waals surface area contributed by atoms with Crippen LogP contribution in [-0.4, -0.2) is 66.1 Å². The zero-order chi connectivity index (χ0) is 39.3. The molecular formula is C44H50NO7PSi. The number of carbonyl (C=O) groups excluding carboxylic acids is 3. The van der Waals surface area contributed by atoms with Crippen LogP contribution in [0.5, 0.6) is 0 Å². The van der Waals surface area contributed by atoms with Crippen LogP contribution >= 0.6 is 6.89 Å². The average molecular weight is 764 g/mol. The van der Waals surface area contributed by atoms with Crippen molar-refractivity contribution in [1.29, 1.82) is 0 Å². The fourth-order valence-corrected chi connectivity index (χ4v) is 12.8. The largest absolute Gasteiger partial charge is 0.481 e. The number of likely N-dealkylation sites (tertiary alicyclic amines) is 1. The molecule has 0 bridgehead atoms. The van der Waals surface area contributed by atoms with E-state index in [0.29, 0.717) is 11.1 Å². The Kier molecular flexibility index (Phi) is 12.5. The number of amides is 1. The van der Waals surface area contributed by atoms with Crippen LogP contribution in [-0.2, 0) is 30.0 Å². The predicted molar refractivity (Wildman–Crippen MR) is 220 cm³/mol. The molecule has 0 radical (unpaired) electrons. The summed E-state index contributed by atoms with van der Waals surface area (Å²) in [6.45, 7) is 13.0. The van der Waals surface area contributed by atoms with Gasteiger partial charge in [0.1, 0.15) is 12.0 Å². The minimum Gasteiger partial charge on any atom is -0.481 e. The molecule has 4 aromatic rings. The number of carbonyl (C=O) groups is 4. The van der Waals surface area contributed by atoms with E-state index in [2.05, 4.69) is 40.4 Å². The number of carboxylic acids is 1. The van der Waals surface area contributed by atoms with Crippen LogP contribution in [0.2, 0.25) is 18.1 Å². The first-order valence-electron chi connectivity index (χ1n) is 18.2. The number of ether oxygens (including phenoxy) is 1. The fraction of sp³-hybridized carbons (Fsp3) is 0.295. The molecule has 8 nitrogen and oxygen atoms in total. The Balaban J connectivity index is 1.80. The quantitative estimate of drug-likeness (QED) is 0.0348. The lowest BCUT2D eigenvalue weighted by Crippen LogP contribution is -2.69. The minimum atomic E-state index is -3.20. The molecule has 1 saturated heterocycles. The Morgan fingerprint density at radius 3 is 1.76 bits per heavy atom. The highest BCUT2D eigenvalue weighted by molar-refractivity contribution is 7.96. The van der Waals surface area contributed by atoms with Crippen molar-refractivity contribution in [1.82, 2.24) is 4.90 Å². The van der Waals surface area contributed by atoms with Gasteiger partial charge in [-0.25, -0.2) is 4.79 Å². The summed E-state index contributed by atoms with van der Waals surface area (Å²) >= 11 is 0. The van der Waals surface area contributed by atoms with Gasteiger partial charge in [-0.1, -0.05) is 149 Å². The summed E-state index contributed by atoms with van der Waals surface area (Å²) in [5.74, 6) is -2.93. The fourth-order valence-electron chi connectivity index (χ4n) is 6.93. The maximum Gasteiger partial charge on any atom is 0.356 e. The Morgan fingerprint density at radius 2 is 1.33 bits per heavy atom. The van der Waals surface area contributed by atoms with Crippen molar-refractivity contribution in [3.63, 3.8) is 0 Å². The molecule has 1 fully saturated rings. The number of hydrogen-bond donors (Lipinski definition) is 1. The van der Waals surface area contributed by atoms with Gasteiger partial charge in [-0.05, 0) is 46.5 Å². The van der Waals surface area contributed by atoms with E-state index in [-0.39, 0.29) is 41.6 Å². The molecule has 3 atom stereocenters. The molecule has 282 valence electrons. The van der Waals surface area contributed by atoms with Crippen molar-refractivity contribution < 1.29 is 33.4 Å². The second-order valence-corrected chi connectivity index (χ2v) is 23.2. The van der Waals surface area contributed by atoms with Crippen molar-refractivity contribution >= 4 is 60.2 Å². The van der Waals surface area contributed by atoms with Crippen molar-refractivity contribution in [2.75, 3.05) is 6.61 Å². The highest BCUT2D eigenvalue weighted by Crippen LogP contribution is 2.50. The maximum atomic E-state index is 15.0. The summed E-state index contributed by atoms with van der Waals surface area (Å²) in [6.07, 6.45) is 0.665. The molecule has 4 aromatic carbocycles. The molecule has 1 aliphatic rings. The molecule has 1 aliphatic heterocycles. The first-order chi connectivity index (χ1) is 25.6. The van der Waals surface area contributed by atoms with E-state index in [1.807, 2.05) is 97.9 Å². The van der Waals surface area contributed by atoms with Crippen molar-refractivity contribution in [3.8, 4) is 0 Å². The number of nitrogens with zero attached hydrogens (tertiary/aromatic N) is 1. The van der Waals surface area contributed by atoms with Crippen LogP contribution in [0.3, 0.4) is 0 Å². The minimum absolute atomic E-state index is 0.0800. The van der Waals surface area contributed by atoms with E-state index in [9.17, 15) is 19.5 Å². The second-order valence-electron chi connectivity index (χ2n) is 15.2. The number of β-lactam (4-membered cyclic amide) rings is 1. The van der Waals surface area contributed by atoms with Crippen LogP contribution in [0.4, 0.5) is 0 Å². The van der Waals surface area contributed by atoms with E-state index in [0.717, 1.165) is 15.9 Å². The zero-order valence-electron chi connectivity index (χ0n) is 31.9. The summed E-state index contributed by atoms with van der Waals surface area (Å²) in [7, 11) is -2.39. The van der Waals surface area contributed by atoms with E-state index in [1.54, 1.807) is 29.2 Å². The second kappa shape index (κ2) is 16.7. The third kappa shape index (κ3) is 8.14. The van der Waals surface area contributed by atoms with E-state index < -0.39 is 45.2 Å². The number of carboxylic acid groups (broad SMARTS) is 1. The molecule has 0 unspecified atom stereocenters. The maximum absolute atomic E-state index is 15.0. The van der Waals surface area contributed by atoms with Crippen LogP contribution in [0.25, 0.3) is 0 Å². The lowest BCUT2D eigenvalue weighted by Gasteiger charge is -2.53. The third-order valence-electron chi connectivity index (χ3n) is 10.6. The molecule has 1 heterocycles. The molecule has 0 spiro atoms. The number of rotatable bonds is 15. The van der Waals surface area contributed by atoms with Gasteiger partial charge in [0.05, 0.1) is 24.5 Å². The van der Waals surface area contributed by atoms with E-state index in [4.69, 9.17) is 9.16 Å². The van der Waals surface area contributed by atoms with Gasteiger partial charge >= 0.3 is 11.9 Å². The lowest BCUT2D eigenvalue weighted by atomic mass is 9.79. The summed E-state index contributed by atoms with van der Waals surface area (Å²) in [6, 6.07) is 34.9. The average Bonchev–Trinajstić information content (AvgIpc) is 3.14. The topological polar surface area (TPSA) is 110 Å². The van der Waals surface area contributed by atoms with Gasteiger partial charge in [0, 0.05) is 18.9 Å². The SMILES string of the molecule is C=CCOC(=O)C(N1C(=O)[C@H]([C@H](C)O[Si](C)(C)C(C)(C)C)[C@H]1CC(=O)c1ccc(CC(=O)O)cc1)=P(c1ccccc1)(c1ccccc1)c1ccccc1. The summed E-state index contributed by atoms with van der Waals surface area (Å²) < 4.78 is 12.8. The lowest BCUT2D eigenvalue weighted by molar-refractivity contribution is -0.156. The highest BCUT2D eigenvalue weighted by Gasteiger charge is 2.57. The monoisotopic (exact) mass is 763 g/mol. The Morgan fingerprint density at radius 1 is 0.852 bits per heavy atom. The third-order valence-corrected chi connectivity index (χ3v) is 19.4. The molecule has 0 aromatic heterocycles. The van der Waals surface area contributed by atoms with Crippen molar-refractivity contribution in [2.45, 2.75) is 70.8 Å². The zero-order valence-corrected chi connectivity index (χ0v) is 33.8. The number of esters is 1. The van der Waals surface area contributed by atoms with Crippen molar-refractivity contribution in [2.24, 2.45) is 5.92 Å². The predicted octanol–water partition coefficient (Wildman–Crippen LogP) is 6.98. The Bertz CT molecular complexity index is 1940. The van der Waals surface area contributed by atoms with Crippen LogP contribution < -0.4 is 15.9 Å². The van der Waals surface area contributed by atoms with E-state index >= 15 is 4.79 Å². The number of aliphatic carboxylic acids is 1. The first-order valence-corrected chi connectivity index (χ1v) is 22.9. The van der Waals surface area contributed by atoms with Gasteiger partial charge in [-0.3, -0.25) is 14.4 Å². The Labute approximate surface area is 319 Å². The summed E-state index contributed by atoms with van der Waals surface area (Å²) in [4.78, 5) is 57.0. The normalized spacial score (nSPS) is 16.6. The van der Waals surface area contributed by atoms with Gasteiger partial charge in [0.2, 0.25) is 5.91 Å². The van der Waals surface area contributed by atoms with Gasteiger partial charge < -0.3 is 19.2 Å². The number of benzene rings is 4. The standard InChI is InChI=1S/C44H50NO7PSi/c1-8-28-51-43(50)42(53(34-18-12-9-13-19-34,35-20-14-10-15-21-35)36-22-16-11-17-23-36)45-37(30-38(46)33-26-24-32(25-27-33)29-39(47)48)40(41(45)49)31(2)52-54(6,7)44(3,4)5/h8-27,31,37,40H,1,28-30H2,2-7H3,(H,47,48)/t31-,37+,40+/m0/s1. The highest BCUT2D eigenvalue weighted by atomic mass is 31.2. The molecule has 1 amide bonds. The smallest absolute Gasteiger partial charge is 0.356 e. The molecular weight excluding hydrogens is 714 g/mol. The molecule has 10 heteroatoms. The van der Waals surface area contributed by atoms with Gasteiger partial charge in [0.15, 0.2) is 14.1 Å². The summed E-state index contributed by atoms with van der Waals surface area (Å²) in [5, 5.41) is 11.7. The van der Waals surface area contributed by atoms with Gasteiger partial charge in [-0.2, -0.15) is 0 Å². The first kappa shape index (κ1) is 40.4. The van der Waals surface area contributed by atoms with Gasteiger partial charge in [-0.15, -0.1) is 0 Å². The van der Waals surface area contributed by atoms with Crippen molar-refractivity contribution in [3.05, 3.63) is 139 Å². The van der Waals surface area contributed by atoms with Crippen LogP contribution in [0.15, 0.2) is 128 Å². The molecule has 5 rings (SSSR count). The van der Waals surface area contributed by atoms with E-state index in [1.165, 1.54) is 6.08 Å². The molecule has 1 N–H and O–H groups in total. The molecule has 0 saturated carbocycles. The summed E-state index contributed by atoms with van der Waals surface area (Å²) in [5.41, 5.74) is 1.13. The molecule has 54 heavy (non-hydrogen) atoms. The number of Topliss-reactive ketones (excluding diaryl/α,β-unsaturated/α-hetero) is 1.